The van der Waals surface area contributed by atoms with Gasteiger partial charge in [-0.3, -0.25) is 4.79 Å². The van der Waals surface area contributed by atoms with Gasteiger partial charge in [-0.1, -0.05) is 12.1 Å². The number of carbonyl (C=O) groups excluding carboxylic acids is 1. The van der Waals surface area contributed by atoms with Crippen molar-refractivity contribution < 1.29 is 9.18 Å². The maximum atomic E-state index is 14.0. The van der Waals surface area contributed by atoms with Crippen LogP contribution < -0.4 is 20.9 Å². The number of rotatable bonds is 6. The monoisotopic (exact) mass is 526 g/mol. The van der Waals surface area contributed by atoms with Crippen molar-refractivity contribution in [3.8, 4) is 0 Å². The van der Waals surface area contributed by atoms with E-state index >= 15 is 0 Å². The smallest absolute Gasteiger partial charge is 0.251 e. The van der Waals surface area contributed by atoms with E-state index in [9.17, 15) is 9.18 Å². The molecule has 1 aliphatic heterocycles. The van der Waals surface area contributed by atoms with E-state index in [4.69, 9.17) is 0 Å². The lowest BCUT2D eigenvalue weighted by Gasteiger charge is -2.20. The second-order valence-corrected chi connectivity index (χ2v) is 6.86. The third-order valence-corrected chi connectivity index (χ3v) is 4.75. The fourth-order valence-corrected chi connectivity index (χ4v) is 3.32. The Morgan fingerprint density at radius 2 is 2.17 bits per heavy atom. The number of halogens is 2. The first-order valence-corrected chi connectivity index (χ1v) is 9.82. The van der Waals surface area contributed by atoms with Gasteiger partial charge < -0.3 is 20.9 Å². The van der Waals surface area contributed by atoms with Crippen molar-refractivity contribution >= 4 is 41.7 Å². The van der Waals surface area contributed by atoms with Gasteiger partial charge in [-0.25, -0.2) is 14.4 Å². The number of pyridine rings is 1. The van der Waals surface area contributed by atoms with E-state index in [1.54, 1.807) is 25.4 Å². The van der Waals surface area contributed by atoms with Crippen LogP contribution in [0.15, 0.2) is 47.6 Å². The van der Waals surface area contributed by atoms with Crippen molar-refractivity contribution in [3.05, 3.63) is 59.5 Å². The summed E-state index contributed by atoms with van der Waals surface area (Å²) >= 11 is 0. The van der Waals surface area contributed by atoms with Gasteiger partial charge in [0.2, 0.25) is 0 Å². The summed E-state index contributed by atoms with van der Waals surface area (Å²) in [6, 6.07) is 10.6. The molecule has 1 aromatic heterocycles. The minimum atomic E-state index is -0.301. The number of aliphatic imine (C=N–C) groups is 1. The number of anilines is 1. The zero-order valence-corrected chi connectivity index (χ0v) is 19.5. The van der Waals surface area contributed by atoms with Gasteiger partial charge in [0.05, 0.1) is 6.54 Å². The van der Waals surface area contributed by atoms with Gasteiger partial charge in [-0.15, -0.1) is 24.0 Å². The van der Waals surface area contributed by atoms with Crippen molar-refractivity contribution in [2.24, 2.45) is 4.99 Å². The maximum absolute atomic E-state index is 14.0. The van der Waals surface area contributed by atoms with E-state index < -0.39 is 0 Å². The molecule has 0 radical (unpaired) electrons. The number of hydrogen-bond acceptors (Lipinski definition) is 4. The molecule has 2 aromatic rings. The number of nitrogens with zero attached hydrogens (tertiary/aromatic N) is 3. The van der Waals surface area contributed by atoms with Crippen LogP contribution in [0.3, 0.4) is 0 Å². The van der Waals surface area contributed by atoms with E-state index in [0.717, 1.165) is 25.1 Å². The zero-order valence-electron chi connectivity index (χ0n) is 17.2. The Bertz CT molecular complexity index is 878. The molecule has 0 aliphatic carbocycles. The van der Waals surface area contributed by atoms with Crippen LogP contribution >= 0.6 is 24.0 Å². The van der Waals surface area contributed by atoms with Crippen molar-refractivity contribution in [1.29, 1.82) is 0 Å². The van der Waals surface area contributed by atoms with Gasteiger partial charge in [0.25, 0.3) is 5.91 Å². The number of aromatic nitrogens is 1. The molecule has 1 fully saturated rings. The van der Waals surface area contributed by atoms with Crippen molar-refractivity contribution in [2.75, 3.05) is 31.6 Å². The number of hydrogen-bond donors (Lipinski definition) is 3. The molecule has 1 amide bonds. The molecule has 2 heterocycles. The van der Waals surface area contributed by atoms with Crippen LogP contribution in [0.2, 0.25) is 0 Å². The molecular weight excluding hydrogens is 498 g/mol. The number of guanidine groups is 1. The summed E-state index contributed by atoms with van der Waals surface area (Å²) in [5, 5.41) is 9.30. The Morgan fingerprint density at radius 1 is 1.33 bits per heavy atom. The molecule has 162 valence electrons. The number of benzene rings is 1. The summed E-state index contributed by atoms with van der Waals surface area (Å²) in [7, 11) is 1.61. The Labute approximate surface area is 193 Å². The number of amides is 1. The second-order valence-electron chi connectivity index (χ2n) is 6.86. The van der Waals surface area contributed by atoms with Crippen LogP contribution in [-0.4, -0.2) is 49.6 Å². The lowest BCUT2D eigenvalue weighted by molar-refractivity contribution is 0.0963. The number of carbonyl (C=O) groups is 1. The highest BCUT2D eigenvalue weighted by Gasteiger charge is 2.25. The standard InChI is InChI=1S/C21H27FN6O.HI/c1-3-24-21(26-13-15-6-4-7-16(12-15)20(29)23-2)27-17-9-11-28(14-17)19-18(22)8-5-10-25-19;/h4-8,10,12,17H,3,9,11,13-14H2,1-2H3,(H,23,29)(H2,24,26,27);1H. The molecule has 3 rings (SSSR count). The van der Waals surface area contributed by atoms with Gasteiger partial charge in [0.15, 0.2) is 17.6 Å². The predicted octanol–water partition coefficient (Wildman–Crippen LogP) is 2.53. The molecule has 1 unspecified atom stereocenters. The summed E-state index contributed by atoms with van der Waals surface area (Å²) in [4.78, 5) is 22.6. The minimum absolute atomic E-state index is 0. The molecule has 7 nitrogen and oxygen atoms in total. The van der Waals surface area contributed by atoms with Gasteiger partial charge >= 0.3 is 0 Å². The molecule has 0 spiro atoms. The minimum Gasteiger partial charge on any atom is -0.357 e. The van der Waals surface area contributed by atoms with E-state index in [-0.39, 0.29) is 41.7 Å². The van der Waals surface area contributed by atoms with Gasteiger partial charge in [0.1, 0.15) is 0 Å². The first-order valence-electron chi connectivity index (χ1n) is 9.82. The first kappa shape index (κ1) is 23.8. The zero-order chi connectivity index (χ0) is 20.6. The van der Waals surface area contributed by atoms with Crippen LogP contribution in [0.5, 0.6) is 0 Å². The highest BCUT2D eigenvalue weighted by atomic mass is 127. The molecule has 1 saturated heterocycles. The van der Waals surface area contributed by atoms with Crippen LogP contribution in [-0.2, 0) is 6.54 Å². The normalized spacial score (nSPS) is 16.0. The summed E-state index contributed by atoms with van der Waals surface area (Å²) < 4.78 is 14.0. The lowest BCUT2D eigenvalue weighted by atomic mass is 10.1. The summed E-state index contributed by atoms with van der Waals surface area (Å²) in [6.45, 7) is 4.58. The fraction of sp³-hybridized carbons (Fsp3) is 0.381. The van der Waals surface area contributed by atoms with E-state index in [0.29, 0.717) is 30.4 Å². The van der Waals surface area contributed by atoms with E-state index in [1.165, 1.54) is 6.07 Å². The van der Waals surface area contributed by atoms with Crippen molar-refractivity contribution in [1.82, 2.24) is 20.9 Å². The number of nitrogens with one attached hydrogen (secondary N) is 3. The Balaban J connectivity index is 0.00000320. The van der Waals surface area contributed by atoms with Gasteiger partial charge in [0, 0.05) is 44.5 Å². The fourth-order valence-electron chi connectivity index (χ4n) is 3.32. The molecule has 0 bridgehead atoms. The molecule has 0 saturated carbocycles. The molecule has 1 aliphatic rings. The Hall–Kier alpha value is -2.43. The molecule has 9 heteroatoms. The second kappa shape index (κ2) is 11.7. The van der Waals surface area contributed by atoms with E-state index in [1.807, 2.05) is 30.0 Å². The summed E-state index contributed by atoms with van der Waals surface area (Å²) in [6.07, 6.45) is 2.48. The third-order valence-electron chi connectivity index (χ3n) is 4.75. The van der Waals surface area contributed by atoms with Gasteiger partial charge in [-0.05, 0) is 43.2 Å². The topological polar surface area (TPSA) is 81.6 Å². The van der Waals surface area contributed by atoms with Crippen LogP contribution in [0.1, 0.15) is 29.3 Å². The average Bonchev–Trinajstić information content (AvgIpc) is 3.20. The molecule has 1 atom stereocenters. The lowest BCUT2D eigenvalue weighted by Crippen LogP contribution is -2.44. The van der Waals surface area contributed by atoms with Crippen molar-refractivity contribution in [3.63, 3.8) is 0 Å². The summed E-state index contributed by atoms with van der Waals surface area (Å²) in [5.74, 6) is 0.675. The summed E-state index contributed by atoms with van der Waals surface area (Å²) in [5.41, 5.74) is 1.56. The molecule has 3 N–H and O–H groups in total. The largest absolute Gasteiger partial charge is 0.357 e. The third kappa shape index (κ3) is 6.28. The highest BCUT2D eigenvalue weighted by molar-refractivity contribution is 14.0. The Kier molecular flexibility index (Phi) is 9.28. The van der Waals surface area contributed by atoms with Gasteiger partial charge in [-0.2, -0.15) is 0 Å². The maximum Gasteiger partial charge on any atom is 0.251 e. The Morgan fingerprint density at radius 3 is 2.90 bits per heavy atom. The SMILES string of the molecule is CCNC(=NCc1cccc(C(=O)NC)c1)NC1CCN(c2ncccc2F)C1.I. The van der Waals surface area contributed by atoms with Crippen LogP contribution in [0.25, 0.3) is 0 Å². The molecule has 30 heavy (non-hydrogen) atoms. The van der Waals surface area contributed by atoms with Crippen LogP contribution in [0, 0.1) is 5.82 Å². The van der Waals surface area contributed by atoms with Crippen LogP contribution in [0.4, 0.5) is 10.2 Å². The highest BCUT2D eigenvalue weighted by Crippen LogP contribution is 2.20. The quantitative estimate of drug-likeness (QED) is 0.306. The molecular formula is C21H28FIN6O. The first-order chi connectivity index (χ1) is 14.1. The van der Waals surface area contributed by atoms with Crippen molar-refractivity contribution in [2.45, 2.75) is 25.9 Å². The predicted molar refractivity (Wildman–Crippen MR) is 128 cm³/mol. The average molecular weight is 526 g/mol. The van der Waals surface area contributed by atoms with E-state index in [2.05, 4.69) is 25.9 Å². The molecule has 1 aromatic carbocycles.